The topological polar surface area (TPSA) is 66.8 Å². The highest BCUT2D eigenvalue weighted by molar-refractivity contribution is 6.43. The Morgan fingerprint density at radius 1 is 1.26 bits per heavy atom. The smallest absolute Gasteiger partial charge is 0.345 e. The Labute approximate surface area is 143 Å². The van der Waals surface area contributed by atoms with Crippen molar-refractivity contribution in [2.75, 3.05) is 0 Å². The van der Waals surface area contributed by atoms with Crippen molar-refractivity contribution in [2.24, 2.45) is 0 Å². The van der Waals surface area contributed by atoms with Crippen LogP contribution in [0.1, 0.15) is 22.8 Å². The van der Waals surface area contributed by atoms with Crippen molar-refractivity contribution in [3.8, 4) is 5.75 Å². The number of carboxylic acids is 1. The summed E-state index contributed by atoms with van der Waals surface area (Å²) < 4.78 is 5.34. The number of rotatable bonds is 4. The van der Waals surface area contributed by atoms with Gasteiger partial charge in [-0.05, 0) is 11.6 Å². The van der Waals surface area contributed by atoms with Gasteiger partial charge in [-0.25, -0.2) is 4.79 Å². The minimum atomic E-state index is -1.06. The number of ether oxygens (including phenoxy) is 1. The van der Waals surface area contributed by atoms with E-state index in [0.29, 0.717) is 23.3 Å². The van der Waals surface area contributed by atoms with E-state index in [0.717, 1.165) is 5.56 Å². The third-order valence-corrected chi connectivity index (χ3v) is 4.70. The van der Waals surface area contributed by atoms with Gasteiger partial charge in [0, 0.05) is 24.0 Å². The summed E-state index contributed by atoms with van der Waals surface area (Å²) in [7, 11) is 0. The maximum atomic E-state index is 11.1. The third-order valence-electron chi connectivity index (χ3n) is 3.84. The number of carboxylic acid groups (broad SMARTS) is 1. The van der Waals surface area contributed by atoms with Gasteiger partial charge in [-0.2, -0.15) is 0 Å². The average Bonchev–Trinajstić information content (AvgIpc) is 2.96. The number of aliphatic hydroxyl groups excluding tert-OH is 1. The van der Waals surface area contributed by atoms with Crippen LogP contribution >= 0.6 is 23.2 Å². The molecule has 1 aliphatic heterocycles. The first kappa shape index (κ1) is 16.1. The van der Waals surface area contributed by atoms with E-state index < -0.39 is 18.2 Å². The minimum Gasteiger partial charge on any atom is -0.478 e. The zero-order valence-electron chi connectivity index (χ0n) is 12.0. The van der Waals surface area contributed by atoms with Crippen molar-refractivity contribution in [1.29, 1.82) is 0 Å². The lowest BCUT2D eigenvalue weighted by Gasteiger charge is -2.16. The molecule has 3 rings (SSSR count). The molecule has 2 aromatic rings. The number of aliphatic hydroxyl groups is 1. The molecule has 2 aromatic carbocycles. The average molecular weight is 353 g/mol. The lowest BCUT2D eigenvalue weighted by atomic mass is 9.98. The highest BCUT2D eigenvalue weighted by Gasteiger charge is 2.33. The van der Waals surface area contributed by atoms with Crippen molar-refractivity contribution in [3.63, 3.8) is 0 Å². The van der Waals surface area contributed by atoms with Gasteiger partial charge >= 0.3 is 5.97 Å². The van der Waals surface area contributed by atoms with Crippen LogP contribution in [-0.4, -0.2) is 22.3 Å². The summed E-state index contributed by atoms with van der Waals surface area (Å²) in [6.45, 7) is 0. The monoisotopic (exact) mass is 352 g/mol. The van der Waals surface area contributed by atoms with E-state index in [-0.39, 0.29) is 16.5 Å². The first-order valence-corrected chi connectivity index (χ1v) is 7.85. The van der Waals surface area contributed by atoms with Crippen molar-refractivity contribution in [2.45, 2.75) is 25.0 Å². The first-order valence-electron chi connectivity index (χ1n) is 7.09. The molecule has 2 atom stereocenters. The molecule has 1 aliphatic rings. The van der Waals surface area contributed by atoms with Crippen LogP contribution in [0.4, 0.5) is 0 Å². The molecule has 0 spiro atoms. The molecule has 0 aliphatic carbocycles. The Morgan fingerprint density at radius 3 is 2.61 bits per heavy atom. The number of hydrogen-bond acceptors (Lipinski definition) is 3. The van der Waals surface area contributed by atoms with Crippen LogP contribution in [0.25, 0.3) is 0 Å². The van der Waals surface area contributed by atoms with Crippen LogP contribution in [0.5, 0.6) is 5.75 Å². The number of fused-ring (bicyclic) bond motifs is 1. The summed E-state index contributed by atoms with van der Waals surface area (Å²) >= 11 is 12.4. The normalized spacial score (nSPS) is 17.4. The molecule has 2 unspecified atom stereocenters. The lowest BCUT2D eigenvalue weighted by molar-refractivity contribution is -0.144. The van der Waals surface area contributed by atoms with Crippen LogP contribution in [-0.2, 0) is 17.6 Å². The summed E-state index contributed by atoms with van der Waals surface area (Å²) in [6.07, 6.45) is -1.22. The second kappa shape index (κ2) is 6.40. The maximum Gasteiger partial charge on any atom is 0.345 e. The Hall–Kier alpha value is -1.75. The number of benzene rings is 2. The van der Waals surface area contributed by atoms with E-state index in [9.17, 15) is 9.90 Å². The maximum absolute atomic E-state index is 11.1. The van der Waals surface area contributed by atoms with Gasteiger partial charge in [-0.3, -0.25) is 0 Å². The molecule has 0 saturated heterocycles. The summed E-state index contributed by atoms with van der Waals surface area (Å²) in [5.41, 5.74) is 2.09. The molecule has 6 heteroatoms. The van der Waals surface area contributed by atoms with Crippen LogP contribution in [0.15, 0.2) is 36.4 Å². The van der Waals surface area contributed by atoms with Gasteiger partial charge in [0.05, 0.1) is 11.1 Å². The summed E-state index contributed by atoms with van der Waals surface area (Å²) in [5.74, 6) is -0.764. The van der Waals surface area contributed by atoms with E-state index >= 15 is 0 Å². The van der Waals surface area contributed by atoms with Gasteiger partial charge in [0.2, 0.25) is 0 Å². The van der Waals surface area contributed by atoms with Crippen molar-refractivity contribution < 1.29 is 19.7 Å². The Kier molecular flexibility index (Phi) is 4.48. The molecule has 0 saturated carbocycles. The molecular weight excluding hydrogens is 339 g/mol. The minimum absolute atomic E-state index is 0.148. The fourth-order valence-corrected chi connectivity index (χ4v) is 3.22. The molecule has 4 nitrogen and oxygen atoms in total. The predicted octanol–water partition coefficient (Wildman–Crippen LogP) is 3.66. The van der Waals surface area contributed by atoms with Gasteiger partial charge in [0.25, 0.3) is 0 Å². The van der Waals surface area contributed by atoms with Gasteiger partial charge in [0.1, 0.15) is 10.8 Å². The summed E-state index contributed by atoms with van der Waals surface area (Å²) in [5, 5.41) is 19.9. The number of hydrogen-bond donors (Lipinski definition) is 2. The van der Waals surface area contributed by atoms with E-state index in [1.807, 2.05) is 30.3 Å². The molecule has 0 radical (unpaired) electrons. The van der Waals surface area contributed by atoms with E-state index in [4.69, 9.17) is 33.0 Å². The van der Waals surface area contributed by atoms with Crippen molar-refractivity contribution in [3.05, 3.63) is 63.1 Å². The quantitative estimate of drug-likeness (QED) is 0.881. The number of aliphatic carboxylic acids is 1. The van der Waals surface area contributed by atoms with Crippen LogP contribution in [0.3, 0.4) is 0 Å². The fourth-order valence-electron chi connectivity index (χ4n) is 2.67. The fraction of sp³-hybridized carbons (Fsp3) is 0.235. The summed E-state index contributed by atoms with van der Waals surface area (Å²) in [6, 6.07) is 11.2. The van der Waals surface area contributed by atoms with Crippen LogP contribution in [0, 0.1) is 0 Å². The molecule has 23 heavy (non-hydrogen) atoms. The lowest BCUT2D eigenvalue weighted by Crippen LogP contribution is -2.24. The van der Waals surface area contributed by atoms with Crippen LogP contribution in [0.2, 0.25) is 10.0 Å². The summed E-state index contributed by atoms with van der Waals surface area (Å²) in [4.78, 5) is 11.1. The number of halogens is 2. The second-order valence-corrected chi connectivity index (χ2v) is 6.19. The Balaban J connectivity index is 1.91. The van der Waals surface area contributed by atoms with Crippen LogP contribution < -0.4 is 4.74 Å². The molecule has 0 amide bonds. The molecule has 0 fully saturated rings. The van der Waals surface area contributed by atoms with Gasteiger partial charge < -0.3 is 14.9 Å². The Bertz CT molecular complexity index is 746. The molecule has 120 valence electrons. The zero-order valence-corrected chi connectivity index (χ0v) is 13.5. The van der Waals surface area contributed by atoms with E-state index in [1.54, 1.807) is 6.07 Å². The Morgan fingerprint density at radius 2 is 1.96 bits per heavy atom. The molecule has 0 bridgehead atoms. The highest BCUT2D eigenvalue weighted by atomic mass is 35.5. The first-order chi connectivity index (χ1) is 11.0. The predicted molar refractivity (Wildman–Crippen MR) is 87.3 cm³/mol. The highest BCUT2D eigenvalue weighted by Crippen LogP contribution is 2.44. The molecule has 0 aromatic heterocycles. The SMILES string of the molecule is O=C(O)C1Cc2cc(C(O)Cc3ccccc3)c(Cl)c(Cl)c2O1. The van der Waals surface area contributed by atoms with E-state index in [1.165, 1.54) is 0 Å². The largest absolute Gasteiger partial charge is 0.478 e. The standard InChI is InChI=1S/C17H14Cl2O4/c18-14-11(12(20)6-9-4-2-1-3-5-9)7-10-8-13(17(21)22)23-16(10)15(14)19/h1-5,7,12-13,20H,6,8H2,(H,21,22). The molecule has 2 N–H and O–H groups in total. The molecule has 1 heterocycles. The van der Waals surface area contributed by atoms with Crippen molar-refractivity contribution in [1.82, 2.24) is 0 Å². The zero-order chi connectivity index (χ0) is 16.6. The molecular formula is C17H14Cl2O4. The van der Waals surface area contributed by atoms with E-state index in [2.05, 4.69) is 0 Å². The second-order valence-electron chi connectivity index (χ2n) is 5.44. The van der Waals surface area contributed by atoms with Gasteiger partial charge in [-0.1, -0.05) is 53.5 Å². The third kappa shape index (κ3) is 3.15. The van der Waals surface area contributed by atoms with Crippen molar-refractivity contribution >= 4 is 29.2 Å². The number of carbonyl (C=O) groups is 1. The van der Waals surface area contributed by atoms with Gasteiger partial charge in [0.15, 0.2) is 6.10 Å². The van der Waals surface area contributed by atoms with Gasteiger partial charge in [-0.15, -0.1) is 0 Å².